The maximum Gasteiger partial charge on any atom is 0.456 e. The van der Waals surface area contributed by atoms with Gasteiger partial charge in [-0.05, 0) is 6.92 Å². The molecule has 0 spiro atoms. The maximum atomic E-state index is 12.2. The van der Waals surface area contributed by atoms with Gasteiger partial charge in [-0.1, -0.05) is 0 Å². The molecule has 0 aliphatic carbocycles. The summed E-state index contributed by atoms with van der Waals surface area (Å²) in [6.07, 6.45) is -5.52. The number of ether oxygens (including phenoxy) is 1. The molecule has 0 aromatic heterocycles. The molecule has 0 amide bonds. The van der Waals surface area contributed by atoms with Crippen LogP contribution in [-0.2, 0) is 4.74 Å². The van der Waals surface area contributed by atoms with Crippen molar-refractivity contribution in [3.8, 4) is 0 Å². The molecule has 1 aliphatic rings. The first-order chi connectivity index (χ1) is 4.71. The Morgan fingerprint density at radius 2 is 1.55 bits per heavy atom. The van der Waals surface area contributed by atoms with Gasteiger partial charge in [-0.15, -0.1) is 0 Å². The number of hydrogen-bond donors (Lipinski definition) is 0. The average Bonchev–Trinajstić information content (AvgIpc) is 2.45. The van der Waals surface area contributed by atoms with E-state index < -0.39 is 24.3 Å². The largest absolute Gasteiger partial charge is 0.456 e. The molecule has 0 saturated carbocycles. The molecule has 11 heavy (non-hydrogen) atoms. The lowest BCUT2D eigenvalue weighted by molar-refractivity contribution is -0.303. The van der Waals surface area contributed by atoms with Crippen molar-refractivity contribution < 1.29 is 26.7 Å². The second kappa shape index (κ2) is 1.85. The normalized spacial score (nSPS) is 32.2. The van der Waals surface area contributed by atoms with Crippen LogP contribution in [0.2, 0.25) is 0 Å². The van der Waals surface area contributed by atoms with E-state index in [-0.39, 0.29) is 0 Å². The Morgan fingerprint density at radius 3 is 1.64 bits per heavy atom. The van der Waals surface area contributed by atoms with Crippen molar-refractivity contribution >= 4 is 0 Å². The first-order valence-corrected chi connectivity index (χ1v) is 2.79. The molecule has 1 nitrogen and oxygen atoms in total. The highest BCUT2D eigenvalue weighted by Crippen LogP contribution is 2.50. The Labute approximate surface area is 59.1 Å². The molecule has 0 N–H and O–H groups in total. The van der Waals surface area contributed by atoms with E-state index in [2.05, 4.69) is 4.74 Å². The molecular weight excluding hydrogens is 171 g/mol. The zero-order valence-corrected chi connectivity index (χ0v) is 5.51. The fourth-order valence-corrected chi connectivity index (χ4v) is 0.589. The summed E-state index contributed by atoms with van der Waals surface area (Å²) in [4.78, 5) is 0. The highest BCUT2D eigenvalue weighted by Gasteiger charge is 2.74. The fourth-order valence-electron chi connectivity index (χ4n) is 0.589. The monoisotopic (exact) mass is 176 g/mol. The zero-order chi connectivity index (χ0) is 8.91. The molecule has 0 bridgehead atoms. The Balaban J connectivity index is 2.82. The van der Waals surface area contributed by atoms with Crippen molar-refractivity contribution in [1.29, 1.82) is 0 Å². The van der Waals surface area contributed by atoms with E-state index in [1.807, 2.05) is 0 Å². The minimum absolute atomic E-state index is 0.542. The number of hydrogen-bond acceptors (Lipinski definition) is 1. The molecule has 1 heterocycles. The molecule has 0 radical (unpaired) electrons. The first-order valence-electron chi connectivity index (χ1n) is 2.79. The smallest absolute Gasteiger partial charge is 0.363 e. The molecular formula is C5H5F5O. The van der Waals surface area contributed by atoms with Crippen LogP contribution in [0.3, 0.4) is 0 Å². The van der Waals surface area contributed by atoms with Crippen LogP contribution in [0.4, 0.5) is 22.0 Å². The molecule has 6 heteroatoms. The molecule has 1 fully saturated rings. The third-order valence-corrected chi connectivity index (χ3v) is 1.60. The van der Waals surface area contributed by atoms with Gasteiger partial charge < -0.3 is 4.74 Å². The summed E-state index contributed by atoms with van der Waals surface area (Å²) in [5, 5.41) is 0. The summed E-state index contributed by atoms with van der Waals surface area (Å²) in [5.41, 5.74) is -2.33. The maximum absolute atomic E-state index is 12.2. The summed E-state index contributed by atoms with van der Waals surface area (Å²) in [7, 11) is 0. The molecule has 0 aromatic rings. The standard InChI is InChI=1S/C5H5F5O/c1-3(2-11-3)4(6,7)5(8,9)10/h2H2,1H3. The lowest BCUT2D eigenvalue weighted by atomic mass is 10.1. The Hall–Kier alpha value is -0.390. The SMILES string of the molecule is CC1(C(F)(F)C(F)(F)F)CO1. The van der Waals surface area contributed by atoms with Crippen LogP contribution >= 0.6 is 0 Å². The van der Waals surface area contributed by atoms with Gasteiger partial charge >= 0.3 is 12.1 Å². The number of rotatable bonds is 1. The van der Waals surface area contributed by atoms with Gasteiger partial charge in [0.15, 0.2) is 5.60 Å². The Bertz CT molecular complexity index is 161. The van der Waals surface area contributed by atoms with E-state index in [0.29, 0.717) is 0 Å². The van der Waals surface area contributed by atoms with Gasteiger partial charge in [-0.25, -0.2) is 0 Å². The minimum Gasteiger partial charge on any atom is -0.363 e. The van der Waals surface area contributed by atoms with Crippen LogP contribution in [0.25, 0.3) is 0 Å². The zero-order valence-electron chi connectivity index (χ0n) is 5.51. The van der Waals surface area contributed by atoms with Gasteiger partial charge in [-0.3, -0.25) is 0 Å². The summed E-state index contributed by atoms with van der Waals surface area (Å²) in [6.45, 7) is 0.194. The van der Waals surface area contributed by atoms with Crippen LogP contribution in [0.1, 0.15) is 6.92 Å². The van der Waals surface area contributed by atoms with Gasteiger partial charge in [0.05, 0.1) is 6.61 Å². The number of halogens is 5. The quantitative estimate of drug-likeness (QED) is 0.439. The van der Waals surface area contributed by atoms with Crippen molar-refractivity contribution in [3.05, 3.63) is 0 Å². The summed E-state index contributed by atoms with van der Waals surface area (Å²) in [5.74, 6) is -4.74. The van der Waals surface area contributed by atoms with Crippen LogP contribution in [0, 0.1) is 0 Å². The Morgan fingerprint density at radius 1 is 1.18 bits per heavy atom. The average molecular weight is 176 g/mol. The summed E-state index contributed by atoms with van der Waals surface area (Å²) < 4.78 is 63.1. The first kappa shape index (κ1) is 8.70. The molecule has 1 atom stereocenters. The number of epoxide rings is 1. The van der Waals surface area contributed by atoms with Crippen molar-refractivity contribution in [2.75, 3.05) is 6.61 Å². The second-order valence-electron chi connectivity index (χ2n) is 2.59. The molecule has 1 aliphatic heterocycles. The van der Waals surface area contributed by atoms with E-state index in [4.69, 9.17) is 0 Å². The van der Waals surface area contributed by atoms with Crippen molar-refractivity contribution in [2.45, 2.75) is 24.6 Å². The van der Waals surface area contributed by atoms with E-state index in [1.54, 1.807) is 0 Å². The molecule has 66 valence electrons. The van der Waals surface area contributed by atoms with Crippen LogP contribution in [0.5, 0.6) is 0 Å². The van der Waals surface area contributed by atoms with Crippen molar-refractivity contribution in [2.24, 2.45) is 0 Å². The third-order valence-electron chi connectivity index (χ3n) is 1.60. The third kappa shape index (κ3) is 1.09. The van der Waals surface area contributed by atoms with Gasteiger partial charge in [0.2, 0.25) is 0 Å². The van der Waals surface area contributed by atoms with E-state index >= 15 is 0 Å². The van der Waals surface area contributed by atoms with Crippen LogP contribution in [-0.4, -0.2) is 24.3 Å². The Kier molecular flexibility index (Phi) is 1.47. The predicted octanol–water partition coefficient (Wildman–Crippen LogP) is 1.97. The van der Waals surface area contributed by atoms with Gasteiger partial charge in [-0.2, -0.15) is 22.0 Å². The van der Waals surface area contributed by atoms with E-state index in [0.717, 1.165) is 6.92 Å². The topological polar surface area (TPSA) is 12.5 Å². The van der Waals surface area contributed by atoms with Crippen LogP contribution in [0.15, 0.2) is 0 Å². The molecule has 1 rings (SSSR count). The van der Waals surface area contributed by atoms with Gasteiger partial charge in [0.25, 0.3) is 0 Å². The highest BCUT2D eigenvalue weighted by molar-refractivity contribution is 5.04. The lowest BCUT2D eigenvalue weighted by Crippen LogP contribution is -2.48. The van der Waals surface area contributed by atoms with Crippen molar-refractivity contribution in [3.63, 3.8) is 0 Å². The molecule has 1 saturated heterocycles. The molecule has 0 aromatic carbocycles. The van der Waals surface area contributed by atoms with Gasteiger partial charge in [0, 0.05) is 0 Å². The minimum atomic E-state index is -5.52. The van der Waals surface area contributed by atoms with E-state index in [9.17, 15) is 22.0 Å². The summed E-state index contributed by atoms with van der Waals surface area (Å²) >= 11 is 0. The lowest BCUT2D eigenvalue weighted by Gasteiger charge is -2.22. The number of alkyl halides is 5. The second-order valence-corrected chi connectivity index (χ2v) is 2.59. The highest BCUT2D eigenvalue weighted by atomic mass is 19.4. The predicted molar refractivity (Wildman–Crippen MR) is 25.4 cm³/mol. The fraction of sp³-hybridized carbons (Fsp3) is 1.00. The van der Waals surface area contributed by atoms with Crippen molar-refractivity contribution in [1.82, 2.24) is 0 Å². The van der Waals surface area contributed by atoms with E-state index in [1.165, 1.54) is 0 Å². The van der Waals surface area contributed by atoms with Gasteiger partial charge in [0.1, 0.15) is 0 Å². The summed E-state index contributed by atoms with van der Waals surface area (Å²) in [6, 6.07) is 0. The molecule has 1 unspecified atom stereocenters. The van der Waals surface area contributed by atoms with Crippen LogP contribution < -0.4 is 0 Å².